The molecule has 2 aromatic rings. The first-order chi connectivity index (χ1) is 9.51. The van der Waals surface area contributed by atoms with Crippen molar-refractivity contribution in [2.45, 2.75) is 33.1 Å². The van der Waals surface area contributed by atoms with Crippen molar-refractivity contribution in [3.63, 3.8) is 0 Å². The van der Waals surface area contributed by atoms with Crippen LogP contribution in [0.15, 0.2) is 24.3 Å². The zero-order valence-electron chi connectivity index (χ0n) is 12.4. The van der Waals surface area contributed by atoms with E-state index in [9.17, 15) is 4.79 Å². The maximum atomic E-state index is 11.4. The molecule has 20 heavy (non-hydrogen) atoms. The fourth-order valence-electron chi connectivity index (χ4n) is 2.05. The Bertz CT molecular complexity index is 599. The Labute approximate surface area is 124 Å². The van der Waals surface area contributed by atoms with E-state index in [1.54, 1.807) is 18.4 Å². The Morgan fingerprint density at radius 3 is 2.50 bits per heavy atom. The van der Waals surface area contributed by atoms with E-state index in [1.165, 1.54) is 5.56 Å². The van der Waals surface area contributed by atoms with Crippen LogP contribution >= 0.6 is 11.3 Å². The van der Waals surface area contributed by atoms with Crippen molar-refractivity contribution in [1.82, 2.24) is 10.3 Å². The second-order valence-electron chi connectivity index (χ2n) is 5.14. The van der Waals surface area contributed by atoms with E-state index in [2.05, 4.69) is 55.3 Å². The predicted molar refractivity (Wildman–Crippen MR) is 84.1 cm³/mol. The van der Waals surface area contributed by atoms with Gasteiger partial charge < -0.3 is 5.32 Å². The minimum atomic E-state index is 0.000422. The number of thiazole rings is 1. The highest BCUT2D eigenvalue weighted by atomic mass is 32.1. The number of aryl methyl sites for hydroxylation is 1. The lowest BCUT2D eigenvalue weighted by molar-refractivity contribution is -0.119. The van der Waals surface area contributed by atoms with Crippen LogP contribution in [0.3, 0.4) is 0 Å². The number of carbonyl (C=O) groups excluding carboxylic acids is 1. The monoisotopic (exact) mass is 288 g/mol. The van der Waals surface area contributed by atoms with Crippen LogP contribution in [-0.4, -0.2) is 17.9 Å². The predicted octanol–water partition coefficient (Wildman–Crippen LogP) is 3.53. The van der Waals surface area contributed by atoms with Crippen LogP contribution in [0.2, 0.25) is 0 Å². The van der Waals surface area contributed by atoms with Crippen LogP contribution in [0.25, 0.3) is 11.3 Å². The van der Waals surface area contributed by atoms with Crippen LogP contribution in [0.4, 0.5) is 0 Å². The smallest absolute Gasteiger partial charge is 0.226 e. The molecule has 0 saturated heterocycles. The average Bonchev–Trinajstić information content (AvgIpc) is 2.79. The van der Waals surface area contributed by atoms with E-state index >= 15 is 0 Å². The largest absolute Gasteiger partial charge is 0.359 e. The molecule has 0 unspecified atom stereocenters. The van der Waals surface area contributed by atoms with Crippen LogP contribution in [0.5, 0.6) is 0 Å². The molecule has 0 fully saturated rings. The molecule has 4 heteroatoms. The van der Waals surface area contributed by atoms with E-state index in [1.807, 2.05) is 0 Å². The van der Waals surface area contributed by atoms with Gasteiger partial charge in [-0.1, -0.05) is 38.1 Å². The Balaban J connectivity index is 2.26. The third kappa shape index (κ3) is 3.25. The number of amides is 1. The molecule has 0 saturated carbocycles. The number of hydrogen-bond acceptors (Lipinski definition) is 3. The molecule has 2 rings (SSSR count). The van der Waals surface area contributed by atoms with Gasteiger partial charge in [0.2, 0.25) is 5.91 Å². The van der Waals surface area contributed by atoms with Crippen molar-refractivity contribution in [3.8, 4) is 11.3 Å². The van der Waals surface area contributed by atoms with Gasteiger partial charge >= 0.3 is 0 Å². The molecule has 0 aliphatic carbocycles. The Kier molecular flexibility index (Phi) is 4.55. The highest BCUT2D eigenvalue weighted by Gasteiger charge is 2.12. The molecule has 1 aromatic heterocycles. The molecule has 0 bridgehead atoms. The SMILES string of the molecule is CNC(=O)Cc1nc(-c2ccc(C(C)C)cc2)c(C)s1. The molecule has 0 aliphatic heterocycles. The highest BCUT2D eigenvalue weighted by Crippen LogP contribution is 2.28. The summed E-state index contributed by atoms with van der Waals surface area (Å²) in [5.74, 6) is 0.532. The van der Waals surface area contributed by atoms with Gasteiger partial charge in [-0.05, 0) is 18.4 Å². The first-order valence-electron chi connectivity index (χ1n) is 6.78. The standard InChI is InChI=1S/C16H20N2OS/c1-10(2)12-5-7-13(8-6-12)16-11(3)20-15(18-16)9-14(19)17-4/h5-8,10H,9H2,1-4H3,(H,17,19). The molecule has 3 nitrogen and oxygen atoms in total. The summed E-state index contributed by atoms with van der Waals surface area (Å²) in [4.78, 5) is 17.2. The normalized spacial score (nSPS) is 10.8. The fourth-order valence-corrected chi connectivity index (χ4v) is 3.00. The van der Waals surface area contributed by atoms with Gasteiger partial charge in [0.25, 0.3) is 0 Å². The molecule has 106 valence electrons. The maximum Gasteiger partial charge on any atom is 0.226 e. The van der Waals surface area contributed by atoms with E-state index in [0.29, 0.717) is 12.3 Å². The maximum absolute atomic E-state index is 11.4. The van der Waals surface area contributed by atoms with Gasteiger partial charge in [0.1, 0.15) is 5.01 Å². The molecular weight excluding hydrogens is 268 g/mol. The van der Waals surface area contributed by atoms with Crippen molar-refractivity contribution >= 4 is 17.2 Å². The van der Waals surface area contributed by atoms with Gasteiger partial charge in [-0.2, -0.15) is 0 Å². The zero-order chi connectivity index (χ0) is 14.7. The molecule has 0 radical (unpaired) electrons. The fraction of sp³-hybridized carbons (Fsp3) is 0.375. The summed E-state index contributed by atoms with van der Waals surface area (Å²) < 4.78 is 0. The van der Waals surface area contributed by atoms with Crippen LogP contribution < -0.4 is 5.32 Å². The Hall–Kier alpha value is -1.68. The number of rotatable bonds is 4. The Morgan fingerprint density at radius 1 is 1.30 bits per heavy atom. The Morgan fingerprint density at radius 2 is 1.95 bits per heavy atom. The minimum absolute atomic E-state index is 0.000422. The summed E-state index contributed by atoms with van der Waals surface area (Å²) in [6, 6.07) is 8.52. The molecular formula is C16H20N2OS. The van der Waals surface area contributed by atoms with Crippen LogP contribution in [-0.2, 0) is 11.2 Å². The van der Waals surface area contributed by atoms with Gasteiger partial charge in [0.05, 0.1) is 12.1 Å². The third-order valence-corrected chi connectivity index (χ3v) is 4.25. The topological polar surface area (TPSA) is 42.0 Å². The van der Waals surface area contributed by atoms with Crippen molar-refractivity contribution in [2.75, 3.05) is 7.05 Å². The van der Waals surface area contributed by atoms with Crippen LogP contribution in [0, 0.1) is 6.92 Å². The second-order valence-corrected chi connectivity index (χ2v) is 6.43. The van der Waals surface area contributed by atoms with E-state index in [4.69, 9.17) is 0 Å². The lowest BCUT2D eigenvalue weighted by atomic mass is 10.0. The number of likely N-dealkylation sites (N-methyl/N-ethyl adjacent to an activating group) is 1. The van der Waals surface area contributed by atoms with Crippen molar-refractivity contribution in [1.29, 1.82) is 0 Å². The molecule has 1 amide bonds. The lowest BCUT2D eigenvalue weighted by Gasteiger charge is -2.06. The van der Waals surface area contributed by atoms with E-state index in [-0.39, 0.29) is 5.91 Å². The summed E-state index contributed by atoms with van der Waals surface area (Å²) in [5, 5.41) is 3.50. The molecule has 0 atom stereocenters. The first-order valence-corrected chi connectivity index (χ1v) is 7.60. The number of nitrogens with zero attached hydrogens (tertiary/aromatic N) is 1. The summed E-state index contributed by atoms with van der Waals surface area (Å²) in [5.41, 5.74) is 3.43. The summed E-state index contributed by atoms with van der Waals surface area (Å²) in [6.45, 7) is 6.42. The van der Waals surface area contributed by atoms with Crippen LogP contribution in [0.1, 0.15) is 35.2 Å². The van der Waals surface area contributed by atoms with Gasteiger partial charge in [-0.15, -0.1) is 11.3 Å². The number of benzene rings is 1. The minimum Gasteiger partial charge on any atom is -0.359 e. The van der Waals surface area contributed by atoms with E-state index < -0.39 is 0 Å². The molecule has 1 N–H and O–H groups in total. The van der Waals surface area contributed by atoms with Gasteiger partial charge in [0, 0.05) is 17.5 Å². The molecule has 1 aromatic carbocycles. The lowest BCUT2D eigenvalue weighted by Crippen LogP contribution is -2.19. The van der Waals surface area contributed by atoms with Crippen molar-refractivity contribution in [3.05, 3.63) is 39.7 Å². The van der Waals surface area contributed by atoms with Gasteiger partial charge in [0.15, 0.2) is 0 Å². The van der Waals surface area contributed by atoms with Crippen molar-refractivity contribution < 1.29 is 4.79 Å². The van der Waals surface area contributed by atoms with Crippen molar-refractivity contribution in [2.24, 2.45) is 0 Å². The van der Waals surface area contributed by atoms with Gasteiger partial charge in [-0.3, -0.25) is 4.79 Å². The summed E-state index contributed by atoms with van der Waals surface area (Å²) in [6.07, 6.45) is 0.353. The summed E-state index contributed by atoms with van der Waals surface area (Å²) >= 11 is 1.59. The molecule has 0 aliphatic rings. The number of aromatic nitrogens is 1. The third-order valence-electron chi connectivity index (χ3n) is 3.28. The second kappa shape index (κ2) is 6.18. The average molecular weight is 288 g/mol. The molecule has 0 spiro atoms. The quantitative estimate of drug-likeness (QED) is 0.935. The number of nitrogens with one attached hydrogen (secondary N) is 1. The number of hydrogen-bond donors (Lipinski definition) is 1. The van der Waals surface area contributed by atoms with Gasteiger partial charge in [-0.25, -0.2) is 4.98 Å². The zero-order valence-corrected chi connectivity index (χ0v) is 13.2. The van der Waals surface area contributed by atoms with E-state index in [0.717, 1.165) is 21.1 Å². The first kappa shape index (κ1) is 14.7. The molecule has 1 heterocycles. The highest BCUT2D eigenvalue weighted by molar-refractivity contribution is 7.12. The summed E-state index contributed by atoms with van der Waals surface area (Å²) in [7, 11) is 1.65. The number of carbonyl (C=O) groups is 1.